The van der Waals surface area contributed by atoms with Gasteiger partial charge in [0, 0.05) is 42.3 Å². The number of hydrogen-bond acceptors (Lipinski definition) is 4. The smallest absolute Gasteiger partial charge is 0.174 e. The van der Waals surface area contributed by atoms with E-state index in [0.717, 1.165) is 34.2 Å². The van der Waals surface area contributed by atoms with E-state index in [9.17, 15) is 0 Å². The van der Waals surface area contributed by atoms with Gasteiger partial charge in [-0.05, 0) is 85.0 Å². The van der Waals surface area contributed by atoms with Crippen molar-refractivity contribution in [3.63, 3.8) is 0 Å². The lowest BCUT2D eigenvalue weighted by molar-refractivity contribution is 0.439. The Hall–Kier alpha value is -3.35. The molecular weight excluding hydrogens is 452 g/mol. The van der Waals surface area contributed by atoms with E-state index < -0.39 is 0 Å². The van der Waals surface area contributed by atoms with Gasteiger partial charge in [0.05, 0.1) is 11.7 Å². The number of anilines is 2. The number of benzene rings is 2. The van der Waals surface area contributed by atoms with Crippen molar-refractivity contribution in [1.82, 2.24) is 10.3 Å². The first-order valence-corrected chi connectivity index (χ1v) is 11.4. The van der Waals surface area contributed by atoms with Gasteiger partial charge in [-0.1, -0.05) is 17.7 Å². The molecule has 1 N–H and O–H groups in total. The number of aromatic nitrogens is 1. The molecule has 1 aliphatic rings. The van der Waals surface area contributed by atoms with Crippen LogP contribution in [0.5, 0.6) is 0 Å². The van der Waals surface area contributed by atoms with Gasteiger partial charge in [0.25, 0.3) is 0 Å². The summed E-state index contributed by atoms with van der Waals surface area (Å²) in [5.74, 6) is 1.59. The molecule has 0 amide bonds. The summed E-state index contributed by atoms with van der Waals surface area (Å²) in [5.41, 5.74) is 3.99. The zero-order valence-corrected chi connectivity index (χ0v) is 19.8. The van der Waals surface area contributed by atoms with Crippen molar-refractivity contribution in [1.29, 1.82) is 0 Å². The number of nitrogens with zero attached hydrogens (tertiary/aromatic N) is 3. The van der Waals surface area contributed by atoms with Gasteiger partial charge in [-0.15, -0.1) is 0 Å². The molecule has 3 heterocycles. The molecule has 1 saturated heterocycles. The lowest BCUT2D eigenvalue weighted by Crippen LogP contribution is -2.29. The van der Waals surface area contributed by atoms with Crippen LogP contribution >= 0.6 is 23.8 Å². The lowest BCUT2D eigenvalue weighted by Gasteiger charge is -2.26. The Balaban J connectivity index is 1.57. The topological polar surface area (TPSA) is 44.5 Å². The van der Waals surface area contributed by atoms with Crippen molar-refractivity contribution >= 4 is 40.3 Å². The third-order valence-corrected chi connectivity index (χ3v) is 6.36. The van der Waals surface area contributed by atoms with Crippen LogP contribution in [0.3, 0.4) is 0 Å². The Morgan fingerprint density at radius 3 is 2.39 bits per heavy atom. The van der Waals surface area contributed by atoms with E-state index in [1.165, 1.54) is 0 Å². The van der Waals surface area contributed by atoms with Crippen LogP contribution in [-0.2, 0) is 0 Å². The van der Waals surface area contributed by atoms with E-state index in [2.05, 4.69) is 44.4 Å². The normalized spacial score (nSPS) is 17.8. The minimum Gasteiger partial charge on any atom is -0.459 e. The maximum atomic E-state index is 6.39. The standard InChI is InChI=1S/C26H23ClN4OS/c1-30(2)19-10-12-20(13-11-19)31-25(24(29-26(31)33)21-5-3-4-16-28-21)23-15-14-22(32-23)17-6-8-18(27)9-7-17/h3-16,24-25H,1-2H3,(H,29,33)/t24-,25+/m1/s1. The van der Waals surface area contributed by atoms with Crippen molar-refractivity contribution in [2.45, 2.75) is 12.1 Å². The van der Waals surface area contributed by atoms with Crippen LogP contribution < -0.4 is 15.1 Å². The van der Waals surface area contributed by atoms with Crippen molar-refractivity contribution < 1.29 is 4.42 Å². The average molecular weight is 475 g/mol. The fourth-order valence-corrected chi connectivity index (χ4v) is 4.59. The molecule has 0 saturated carbocycles. The van der Waals surface area contributed by atoms with Crippen molar-refractivity contribution in [3.05, 3.63) is 102 Å². The largest absolute Gasteiger partial charge is 0.459 e. The Morgan fingerprint density at radius 2 is 1.73 bits per heavy atom. The van der Waals surface area contributed by atoms with E-state index in [1.807, 2.05) is 68.7 Å². The molecule has 33 heavy (non-hydrogen) atoms. The van der Waals surface area contributed by atoms with Crippen molar-refractivity contribution in [2.75, 3.05) is 23.9 Å². The van der Waals surface area contributed by atoms with Crippen LogP contribution in [0.4, 0.5) is 11.4 Å². The molecular formula is C26H23ClN4OS. The second kappa shape index (κ2) is 8.89. The van der Waals surface area contributed by atoms with Crippen LogP contribution in [0.1, 0.15) is 23.5 Å². The zero-order chi connectivity index (χ0) is 22.9. The first kappa shape index (κ1) is 21.5. The molecule has 5 nitrogen and oxygen atoms in total. The number of rotatable bonds is 5. The average Bonchev–Trinajstić information content (AvgIpc) is 3.45. The van der Waals surface area contributed by atoms with E-state index in [-0.39, 0.29) is 12.1 Å². The van der Waals surface area contributed by atoms with E-state index in [1.54, 1.807) is 6.20 Å². The highest BCUT2D eigenvalue weighted by Crippen LogP contribution is 2.43. The van der Waals surface area contributed by atoms with Gasteiger partial charge in [-0.2, -0.15) is 0 Å². The summed E-state index contributed by atoms with van der Waals surface area (Å²) in [6.45, 7) is 0. The molecule has 166 valence electrons. The molecule has 2 aromatic carbocycles. The Bertz CT molecular complexity index is 1260. The molecule has 0 radical (unpaired) electrons. The summed E-state index contributed by atoms with van der Waals surface area (Å²) in [7, 11) is 4.05. The number of halogens is 1. The van der Waals surface area contributed by atoms with Crippen molar-refractivity contribution in [3.8, 4) is 11.3 Å². The molecule has 5 rings (SSSR count). The Kier molecular flexibility index (Phi) is 5.79. The quantitative estimate of drug-likeness (QED) is 0.345. The van der Waals surface area contributed by atoms with Crippen LogP contribution in [0.15, 0.2) is 89.5 Å². The van der Waals surface area contributed by atoms with Crippen LogP contribution in [0.25, 0.3) is 11.3 Å². The van der Waals surface area contributed by atoms with Gasteiger partial charge < -0.3 is 19.5 Å². The number of nitrogens with one attached hydrogen (secondary N) is 1. The Labute approximate surface area is 203 Å². The van der Waals surface area contributed by atoms with E-state index in [4.69, 9.17) is 28.2 Å². The van der Waals surface area contributed by atoms with Crippen LogP contribution in [0, 0.1) is 0 Å². The molecule has 0 unspecified atom stereocenters. The van der Waals surface area contributed by atoms with Gasteiger partial charge in [0.2, 0.25) is 0 Å². The first-order chi connectivity index (χ1) is 16.0. The van der Waals surface area contributed by atoms with Gasteiger partial charge in [-0.3, -0.25) is 4.98 Å². The van der Waals surface area contributed by atoms with Crippen LogP contribution in [-0.4, -0.2) is 24.2 Å². The van der Waals surface area contributed by atoms with E-state index in [0.29, 0.717) is 10.1 Å². The lowest BCUT2D eigenvalue weighted by atomic mass is 10.0. The molecule has 1 aliphatic heterocycles. The Morgan fingerprint density at radius 1 is 0.970 bits per heavy atom. The fraction of sp³-hybridized carbons (Fsp3) is 0.154. The summed E-state index contributed by atoms with van der Waals surface area (Å²) in [5, 5.41) is 4.80. The second-order valence-corrected chi connectivity index (χ2v) is 8.94. The maximum absolute atomic E-state index is 6.39. The summed E-state index contributed by atoms with van der Waals surface area (Å²) in [6, 6.07) is 25.5. The minimum absolute atomic E-state index is 0.156. The maximum Gasteiger partial charge on any atom is 0.174 e. The highest BCUT2D eigenvalue weighted by molar-refractivity contribution is 7.80. The number of furan rings is 1. The predicted octanol–water partition coefficient (Wildman–Crippen LogP) is 6.24. The SMILES string of the molecule is CN(C)c1ccc(N2C(=S)N[C@H](c3ccccn3)[C@@H]2c2ccc(-c3ccc(Cl)cc3)o2)cc1. The highest BCUT2D eigenvalue weighted by atomic mass is 35.5. The summed E-state index contributed by atoms with van der Waals surface area (Å²) < 4.78 is 6.39. The number of thiocarbonyl (C=S) groups is 1. The highest BCUT2D eigenvalue weighted by Gasteiger charge is 2.42. The van der Waals surface area contributed by atoms with E-state index >= 15 is 0 Å². The monoisotopic (exact) mass is 474 g/mol. The fourth-order valence-electron chi connectivity index (χ4n) is 4.11. The molecule has 0 spiro atoms. The second-order valence-electron chi connectivity index (χ2n) is 8.12. The third-order valence-electron chi connectivity index (χ3n) is 5.79. The summed E-state index contributed by atoms with van der Waals surface area (Å²) in [6.07, 6.45) is 1.80. The molecule has 2 aromatic heterocycles. The summed E-state index contributed by atoms with van der Waals surface area (Å²) in [4.78, 5) is 8.78. The predicted molar refractivity (Wildman–Crippen MR) is 138 cm³/mol. The van der Waals surface area contributed by atoms with Gasteiger partial charge >= 0.3 is 0 Å². The van der Waals surface area contributed by atoms with Gasteiger partial charge in [-0.25, -0.2) is 0 Å². The van der Waals surface area contributed by atoms with Gasteiger partial charge in [0.1, 0.15) is 17.6 Å². The zero-order valence-electron chi connectivity index (χ0n) is 18.3. The van der Waals surface area contributed by atoms with Gasteiger partial charge in [0.15, 0.2) is 5.11 Å². The molecule has 0 bridgehead atoms. The third kappa shape index (κ3) is 4.19. The van der Waals surface area contributed by atoms with Crippen LogP contribution in [0.2, 0.25) is 5.02 Å². The molecule has 0 aliphatic carbocycles. The minimum atomic E-state index is -0.196. The first-order valence-electron chi connectivity index (χ1n) is 10.6. The molecule has 2 atom stereocenters. The number of hydrogen-bond donors (Lipinski definition) is 1. The van der Waals surface area contributed by atoms with Crippen molar-refractivity contribution in [2.24, 2.45) is 0 Å². The summed E-state index contributed by atoms with van der Waals surface area (Å²) >= 11 is 11.9. The molecule has 1 fully saturated rings. The number of pyridine rings is 1. The molecule has 4 aromatic rings. The molecule has 7 heteroatoms.